The van der Waals surface area contributed by atoms with Crippen LogP contribution < -0.4 is 10.2 Å². The van der Waals surface area contributed by atoms with Crippen LogP contribution in [0.5, 0.6) is 0 Å². The van der Waals surface area contributed by atoms with Crippen molar-refractivity contribution in [3.05, 3.63) is 6.07 Å². The molecule has 1 aromatic rings. The van der Waals surface area contributed by atoms with Crippen LogP contribution in [0, 0.1) is 5.41 Å². The minimum atomic E-state index is 0.470. The van der Waals surface area contributed by atoms with Crippen molar-refractivity contribution in [1.29, 1.82) is 0 Å². The van der Waals surface area contributed by atoms with Crippen molar-refractivity contribution in [2.24, 2.45) is 5.41 Å². The number of piperidine rings is 1. The summed E-state index contributed by atoms with van der Waals surface area (Å²) in [5, 5.41) is 3.94. The second kappa shape index (κ2) is 5.34. The van der Waals surface area contributed by atoms with Crippen LogP contribution in [-0.4, -0.2) is 36.4 Å². The van der Waals surface area contributed by atoms with Crippen LogP contribution in [0.15, 0.2) is 11.2 Å². The fourth-order valence-electron chi connectivity index (χ4n) is 2.14. The van der Waals surface area contributed by atoms with Gasteiger partial charge in [0, 0.05) is 26.2 Å². The molecule has 0 aromatic carbocycles. The van der Waals surface area contributed by atoms with E-state index in [-0.39, 0.29) is 0 Å². The quantitative estimate of drug-likeness (QED) is 0.673. The molecule has 1 aromatic heterocycles. The minimum absolute atomic E-state index is 0.470. The van der Waals surface area contributed by atoms with Crippen LogP contribution in [0.25, 0.3) is 0 Å². The zero-order valence-corrected chi connectivity index (χ0v) is 12.5. The van der Waals surface area contributed by atoms with Crippen molar-refractivity contribution < 1.29 is 0 Å². The second-order valence-electron chi connectivity index (χ2n) is 5.50. The Morgan fingerprint density at radius 2 is 1.94 bits per heavy atom. The Morgan fingerprint density at radius 3 is 2.50 bits per heavy atom. The molecule has 2 heterocycles. The van der Waals surface area contributed by atoms with Gasteiger partial charge in [-0.25, -0.2) is 9.97 Å². The molecule has 0 atom stereocenters. The summed E-state index contributed by atoms with van der Waals surface area (Å²) in [6.07, 6.45) is 4.46. The van der Waals surface area contributed by atoms with Crippen molar-refractivity contribution in [1.82, 2.24) is 9.97 Å². The molecule has 0 saturated carbocycles. The molecule has 0 unspecified atom stereocenters. The Balaban J connectivity index is 2.18. The normalized spacial score (nSPS) is 18.8. The highest BCUT2D eigenvalue weighted by Gasteiger charge is 2.26. The van der Waals surface area contributed by atoms with Gasteiger partial charge in [0.1, 0.15) is 11.6 Å². The van der Waals surface area contributed by atoms with Crippen LogP contribution in [0.4, 0.5) is 11.6 Å². The van der Waals surface area contributed by atoms with E-state index in [0.29, 0.717) is 5.41 Å². The summed E-state index contributed by atoms with van der Waals surface area (Å²) in [4.78, 5) is 11.4. The van der Waals surface area contributed by atoms with Crippen LogP contribution >= 0.6 is 11.8 Å². The third-order valence-electron chi connectivity index (χ3n) is 3.57. The first kappa shape index (κ1) is 13.5. The summed E-state index contributed by atoms with van der Waals surface area (Å²) in [6.45, 7) is 6.86. The summed E-state index contributed by atoms with van der Waals surface area (Å²) in [6, 6.07) is 2.04. The summed E-state index contributed by atoms with van der Waals surface area (Å²) >= 11 is 1.59. The predicted octanol–water partition coefficient (Wildman–Crippen LogP) is 2.87. The minimum Gasteiger partial charge on any atom is -0.373 e. The summed E-state index contributed by atoms with van der Waals surface area (Å²) < 4.78 is 0. The van der Waals surface area contributed by atoms with Crippen LogP contribution in [0.3, 0.4) is 0 Å². The molecule has 0 spiro atoms. The molecule has 1 aliphatic heterocycles. The Labute approximate surface area is 114 Å². The molecule has 1 aliphatic rings. The van der Waals surface area contributed by atoms with Crippen molar-refractivity contribution >= 4 is 23.4 Å². The maximum atomic E-state index is 4.61. The van der Waals surface area contributed by atoms with Gasteiger partial charge in [-0.05, 0) is 24.5 Å². The predicted molar refractivity (Wildman–Crippen MR) is 78.6 cm³/mol. The topological polar surface area (TPSA) is 41.0 Å². The SMILES string of the molecule is CNc1cc(N2CCC(C)(C)CC2)nc(SC)n1. The molecule has 18 heavy (non-hydrogen) atoms. The lowest BCUT2D eigenvalue weighted by atomic mass is 9.83. The van der Waals surface area contributed by atoms with Crippen molar-refractivity contribution in [3.8, 4) is 0 Å². The first-order valence-electron chi connectivity index (χ1n) is 6.40. The van der Waals surface area contributed by atoms with Crippen molar-refractivity contribution in [2.75, 3.05) is 36.6 Å². The maximum Gasteiger partial charge on any atom is 0.191 e. The third-order valence-corrected chi connectivity index (χ3v) is 4.12. The zero-order chi connectivity index (χ0) is 13.2. The molecule has 5 heteroatoms. The largest absolute Gasteiger partial charge is 0.373 e. The fourth-order valence-corrected chi connectivity index (χ4v) is 2.51. The van der Waals surface area contributed by atoms with E-state index in [2.05, 4.69) is 34.0 Å². The van der Waals surface area contributed by atoms with Gasteiger partial charge in [0.2, 0.25) is 0 Å². The average molecular weight is 266 g/mol. The number of hydrogen-bond donors (Lipinski definition) is 1. The van der Waals surface area contributed by atoms with Gasteiger partial charge in [0.25, 0.3) is 0 Å². The van der Waals surface area contributed by atoms with Gasteiger partial charge >= 0.3 is 0 Å². The van der Waals surface area contributed by atoms with E-state index in [1.54, 1.807) is 11.8 Å². The lowest BCUT2D eigenvalue weighted by molar-refractivity contribution is 0.279. The summed E-state index contributed by atoms with van der Waals surface area (Å²) in [5.74, 6) is 1.95. The third kappa shape index (κ3) is 3.07. The molecule has 0 amide bonds. The van der Waals surface area contributed by atoms with Gasteiger partial charge < -0.3 is 10.2 Å². The monoisotopic (exact) mass is 266 g/mol. The molecular formula is C13H22N4S. The molecule has 0 radical (unpaired) electrons. The number of nitrogens with one attached hydrogen (secondary N) is 1. The van der Waals surface area contributed by atoms with Gasteiger partial charge in [0.05, 0.1) is 0 Å². The first-order valence-corrected chi connectivity index (χ1v) is 7.62. The number of aromatic nitrogens is 2. The Morgan fingerprint density at radius 1 is 1.28 bits per heavy atom. The number of anilines is 2. The molecule has 1 fully saturated rings. The van der Waals surface area contributed by atoms with Gasteiger partial charge in [0.15, 0.2) is 5.16 Å². The second-order valence-corrected chi connectivity index (χ2v) is 6.27. The zero-order valence-electron chi connectivity index (χ0n) is 11.7. The number of thioether (sulfide) groups is 1. The molecule has 2 rings (SSSR count). The van der Waals surface area contributed by atoms with Crippen LogP contribution in [0.2, 0.25) is 0 Å². The average Bonchev–Trinajstić information content (AvgIpc) is 2.38. The summed E-state index contributed by atoms with van der Waals surface area (Å²) in [7, 11) is 1.90. The lowest BCUT2D eigenvalue weighted by Crippen LogP contribution is -2.37. The van der Waals surface area contributed by atoms with Gasteiger partial charge in [-0.1, -0.05) is 25.6 Å². The van der Waals surface area contributed by atoms with E-state index in [9.17, 15) is 0 Å². The maximum absolute atomic E-state index is 4.61. The fraction of sp³-hybridized carbons (Fsp3) is 0.692. The molecule has 0 bridgehead atoms. The highest BCUT2D eigenvalue weighted by atomic mass is 32.2. The smallest absolute Gasteiger partial charge is 0.191 e. The van der Waals surface area contributed by atoms with Crippen LogP contribution in [0.1, 0.15) is 26.7 Å². The molecule has 1 saturated heterocycles. The van der Waals surface area contributed by atoms with Gasteiger partial charge in [-0.15, -0.1) is 0 Å². The Hall–Kier alpha value is -0.970. The van der Waals surface area contributed by atoms with E-state index < -0.39 is 0 Å². The van der Waals surface area contributed by atoms with Gasteiger partial charge in [-0.3, -0.25) is 0 Å². The van der Waals surface area contributed by atoms with E-state index in [0.717, 1.165) is 29.9 Å². The Bertz CT molecular complexity index is 387. The molecule has 0 aliphatic carbocycles. The van der Waals surface area contributed by atoms with E-state index in [1.165, 1.54) is 12.8 Å². The van der Waals surface area contributed by atoms with Crippen LogP contribution in [-0.2, 0) is 0 Å². The summed E-state index contributed by atoms with van der Waals surface area (Å²) in [5.41, 5.74) is 0.470. The Kier molecular flexibility index (Phi) is 4.00. The standard InChI is InChI=1S/C13H22N4S/c1-13(2)5-7-17(8-6-13)11-9-10(14-3)15-12(16-11)18-4/h9H,5-8H2,1-4H3,(H,14,15,16). The molecule has 4 nitrogen and oxygen atoms in total. The highest BCUT2D eigenvalue weighted by molar-refractivity contribution is 7.98. The highest BCUT2D eigenvalue weighted by Crippen LogP contribution is 2.32. The van der Waals surface area contributed by atoms with Gasteiger partial charge in [-0.2, -0.15) is 0 Å². The lowest BCUT2D eigenvalue weighted by Gasteiger charge is -2.37. The number of rotatable bonds is 3. The van der Waals surface area contributed by atoms with Crippen molar-refractivity contribution in [2.45, 2.75) is 31.8 Å². The van der Waals surface area contributed by atoms with E-state index in [4.69, 9.17) is 0 Å². The van der Waals surface area contributed by atoms with E-state index in [1.807, 2.05) is 19.4 Å². The number of nitrogens with zero attached hydrogens (tertiary/aromatic N) is 3. The van der Waals surface area contributed by atoms with E-state index >= 15 is 0 Å². The first-order chi connectivity index (χ1) is 8.54. The van der Waals surface area contributed by atoms with Crippen molar-refractivity contribution in [3.63, 3.8) is 0 Å². The molecule has 100 valence electrons. The number of hydrogen-bond acceptors (Lipinski definition) is 5. The molecule has 1 N–H and O–H groups in total. The molecular weight excluding hydrogens is 244 g/mol.